The third-order valence-corrected chi connectivity index (χ3v) is 5.93. The fourth-order valence-corrected chi connectivity index (χ4v) is 4.68. The summed E-state index contributed by atoms with van der Waals surface area (Å²) in [4.78, 5) is 25.8. The van der Waals surface area contributed by atoms with Gasteiger partial charge in [0, 0.05) is 19.8 Å². The number of fused-ring (bicyclic) bond motifs is 2. The van der Waals surface area contributed by atoms with E-state index in [0.717, 1.165) is 20.2 Å². The molecule has 0 amide bonds. The molecule has 26 heavy (non-hydrogen) atoms. The minimum absolute atomic E-state index is 0.0242. The first-order valence-electron chi connectivity index (χ1n) is 8.63. The number of esters is 1. The van der Waals surface area contributed by atoms with Crippen molar-refractivity contribution in [3.05, 3.63) is 80.1 Å². The van der Waals surface area contributed by atoms with Gasteiger partial charge in [-0.05, 0) is 37.1 Å². The number of ether oxygens (including phenoxy) is 1. The summed E-state index contributed by atoms with van der Waals surface area (Å²) in [6.07, 6.45) is 4.24. The number of rotatable bonds is 3. The normalized spacial score (nSPS) is 18.5. The van der Waals surface area contributed by atoms with Crippen LogP contribution >= 0.6 is 11.3 Å². The van der Waals surface area contributed by atoms with Gasteiger partial charge in [-0.2, -0.15) is 0 Å². The van der Waals surface area contributed by atoms with Crippen molar-refractivity contribution < 1.29 is 9.53 Å². The van der Waals surface area contributed by atoms with Crippen LogP contribution in [0.15, 0.2) is 59.4 Å². The van der Waals surface area contributed by atoms with Gasteiger partial charge in [-0.3, -0.25) is 9.59 Å². The summed E-state index contributed by atoms with van der Waals surface area (Å²) >= 11 is 1.54. The number of carbonyl (C=O) groups excluding carboxylic acids is 1. The summed E-state index contributed by atoms with van der Waals surface area (Å²) < 4.78 is 7.16. The summed E-state index contributed by atoms with van der Waals surface area (Å²) in [6.45, 7) is 2.13. The van der Waals surface area contributed by atoms with Gasteiger partial charge in [0.05, 0.1) is 6.61 Å². The Balaban J connectivity index is 2.03. The molecule has 1 unspecified atom stereocenters. The quantitative estimate of drug-likeness (QED) is 0.673. The molecule has 4 heteroatoms. The molecule has 2 aromatic carbocycles. The molecular formula is C22H18O3S. The second-order valence-corrected chi connectivity index (χ2v) is 7.40. The molecule has 3 aromatic rings. The Kier molecular flexibility index (Phi) is 4.21. The molecule has 4 rings (SSSR count). The highest BCUT2D eigenvalue weighted by atomic mass is 32.1. The SMILES string of the molecule is CCOC(=O)C1(c2ccccc2)C=c2sc3ccccc3c(=O)c2=CC1. The van der Waals surface area contributed by atoms with Crippen molar-refractivity contribution in [3.63, 3.8) is 0 Å². The monoisotopic (exact) mass is 362 g/mol. The van der Waals surface area contributed by atoms with Gasteiger partial charge in [0.15, 0.2) is 5.43 Å². The van der Waals surface area contributed by atoms with Crippen LogP contribution in [-0.2, 0) is 14.9 Å². The molecule has 0 saturated carbocycles. The zero-order chi connectivity index (χ0) is 18.1. The van der Waals surface area contributed by atoms with Crippen molar-refractivity contribution in [1.82, 2.24) is 0 Å². The zero-order valence-electron chi connectivity index (χ0n) is 14.4. The Morgan fingerprint density at radius 2 is 1.85 bits per heavy atom. The van der Waals surface area contributed by atoms with Crippen molar-refractivity contribution in [3.8, 4) is 0 Å². The smallest absolute Gasteiger partial charge is 0.320 e. The van der Waals surface area contributed by atoms with E-state index in [1.165, 1.54) is 0 Å². The first-order chi connectivity index (χ1) is 12.7. The molecule has 0 fully saturated rings. The first-order valence-corrected chi connectivity index (χ1v) is 9.45. The highest BCUT2D eigenvalue weighted by Crippen LogP contribution is 2.33. The van der Waals surface area contributed by atoms with E-state index in [-0.39, 0.29) is 11.4 Å². The molecule has 1 atom stereocenters. The Morgan fingerprint density at radius 3 is 2.62 bits per heavy atom. The van der Waals surface area contributed by atoms with Crippen LogP contribution in [0, 0.1) is 0 Å². The minimum Gasteiger partial charge on any atom is -0.465 e. The number of hydrogen-bond donors (Lipinski definition) is 0. The lowest BCUT2D eigenvalue weighted by Gasteiger charge is -2.29. The van der Waals surface area contributed by atoms with E-state index in [1.54, 1.807) is 11.3 Å². The highest BCUT2D eigenvalue weighted by Gasteiger charge is 2.40. The van der Waals surface area contributed by atoms with Crippen LogP contribution in [0.5, 0.6) is 0 Å². The van der Waals surface area contributed by atoms with Gasteiger partial charge < -0.3 is 4.74 Å². The van der Waals surface area contributed by atoms with E-state index in [1.807, 2.05) is 73.7 Å². The molecule has 1 aromatic heterocycles. The van der Waals surface area contributed by atoms with Crippen molar-refractivity contribution in [2.24, 2.45) is 0 Å². The fraction of sp³-hybridized carbons (Fsp3) is 0.182. The fourth-order valence-electron chi connectivity index (χ4n) is 3.48. The van der Waals surface area contributed by atoms with Crippen LogP contribution in [0.3, 0.4) is 0 Å². The third-order valence-electron chi connectivity index (χ3n) is 4.80. The zero-order valence-corrected chi connectivity index (χ0v) is 15.2. The van der Waals surface area contributed by atoms with Gasteiger partial charge in [0.2, 0.25) is 0 Å². The molecule has 0 radical (unpaired) electrons. The van der Waals surface area contributed by atoms with E-state index in [9.17, 15) is 9.59 Å². The summed E-state index contributed by atoms with van der Waals surface area (Å²) in [5, 5.41) is 1.41. The van der Waals surface area contributed by atoms with E-state index in [0.29, 0.717) is 18.2 Å². The Morgan fingerprint density at radius 1 is 1.12 bits per heavy atom. The molecule has 1 heterocycles. The largest absolute Gasteiger partial charge is 0.465 e. The molecule has 0 N–H and O–H groups in total. The molecular weight excluding hydrogens is 344 g/mol. The molecule has 3 nitrogen and oxygen atoms in total. The van der Waals surface area contributed by atoms with Gasteiger partial charge in [-0.1, -0.05) is 48.5 Å². The van der Waals surface area contributed by atoms with Gasteiger partial charge >= 0.3 is 5.97 Å². The lowest BCUT2D eigenvalue weighted by molar-refractivity contribution is -0.147. The summed E-state index contributed by atoms with van der Waals surface area (Å²) in [7, 11) is 0. The lowest BCUT2D eigenvalue weighted by atomic mass is 9.75. The molecule has 0 bridgehead atoms. The Labute approximate surface area is 154 Å². The summed E-state index contributed by atoms with van der Waals surface area (Å²) in [5.74, 6) is -0.277. The van der Waals surface area contributed by atoms with Crippen LogP contribution < -0.4 is 15.2 Å². The molecule has 1 aliphatic rings. The lowest BCUT2D eigenvalue weighted by Crippen LogP contribution is -2.46. The van der Waals surface area contributed by atoms with Gasteiger partial charge in [0.25, 0.3) is 0 Å². The van der Waals surface area contributed by atoms with Crippen molar-refractivity contribution in [2.75, 3.05) is 6.61 Å². The van der Waals surface area contributed by atoms with Crippen LogP contribution in [0.25, 0.3) is 22.2 Å². The molecule has 0 aliphatic heterocycles. The van der Waals surface area contributed by atoms with Crippen LogP contribution in [0.2, 0.25) is 0 Å². The predicted molar refractivity (Wildman–Crippen MR) is 106 cm³/mol. The van der Waals surface area contributed by atoms with Crippen molar-refractivity contribution >= 4 is 39.5 Å². The third kappa shape index (κ3) is 2.58. The maximum absolute atomic E-state index is 12.9. The standard InChI is InChI=1S/C22H18O3S/c1-2-25-21(24)22(15-8-4-3-5-9-15)13-12-17-19(14-22)26-18-11-7-6-10-16(18)20(17)23/h3-12,14H,2,13H2,1H3. The summed E-state index contributed by atoms with van der Waals surface area (Å²) in [6, 6.07) is 17.2. The number of hydrogen-bond acceptors (Lipinski definition) is 4. The van der Waals surface area contributed by atoms with E-state index < -0.39 is 5.41 Å². The average Bonchev–Trinajstić information content (AvgIpc) is 2.68. The van der Waals surface area contributed by atoms with Gasteiger partial charge in [-0.15, -0.1) is 11.3 Å². The maximum atomic E-state index is 12.9. The van der Waals surface area contributed by atoms with E-state index >= 15 is 0 Å². The molecule has 0 spiro atoms. The minimum atomic E-state index is -0.893. The molecule has 1 aliphatic carbocycles. The van der Waals surface area contributed by atoms with Crippen molar-refractivity contribution in [2.45, 2.75) is 18.8 Å². The van der Waals surface area contributed by atoms with Gasteiger partial charge in [-0.25, -0.2) is 0 Å². The number of benzene rings is 2. The topological polar surface area (TPSA) is 43.4 Å². The second-order valence-electron chi connectivity index (χ2n) is 6.32. The number of carbonyl (C=O) groups is 1. The van der Waals surface area contributed by atoms with E-state index in [4.69, 9.17) is 4.74 Å². The maximum Gasteiger partial charge on any atom is 0.320 e. The Bertz CT molecular complexity index is 1160. The summed E-state index contributed by atoms with van der Waals surface area (Å²) in [5.41, 5.74) is 0.0136. The van der Waals surface area contributed by atoms with Crippen LogP contribution in [-0.4, -0.2) is 12.6 Å². The molecule has 0 saturated heterocycles. The highest BCUT2D eigenvalue weighted by molar-refractivity contribution is 7.16. The van der Waals surface area contributed by atoms with Crippen LogP contribution in [0.4, 0.5) is 0 Å². The average molecular weight is 362 g/mol. The predicted octanol–water partition coefficient (Wildman–Crippen LogP) is 2.73. The van der Waals surface area contributed by atoms with Gasteiger partial charge in [0.1, 0.15) is 5.41 Å². The Hall–Kier alpha value is -2.72. The van der Waals surface area contributed by atoms with Crippen molar-refractivity contribution in [1.29, 1.82) is 0 Å². The van der Waals surface area contributed by atoms with E-state index in [2.05, 4.69) is 0 Å². The molecule has 130 valence electrons. The van der Waals surface area contributed by atoms with Crippen LogP contribution in [0.1, 0.15) is 18.9 Å². The first kappa shape index (κ1) is 16.7. The second kappa shape index (κ2) is 6.54.